The van der Waals surface area contributed by atoms with E-state index in [9.17, 15) is 17.6 Å². The van der Waals surface area contributed by atoms with Crippen LogP contribution in [0.3, 0.4) is 0 Å². The highest BCUT2D eigenvalue weighted by Gasteiger charge is 2.31. The number of halogens is 1. The number of carbonyl (C=O) groups excluding carboxylic acids is 1. The molecule has 0 N–H and O–H groups in total. The average Bonchev–Trinajstić information content (AvgIpc) is 2.39. The minimum Gasteiger partial charge on any atom is -0.300 e. The lowest BCUT2D eigenvalue weighted by molar-refractivity contribution is -0.121. The molecule has 1 aromatic carbocycles. The van der Waals surface area contributed by atoms with Crippen LogP contribution in [0.25, 0.3) is 0 Å². The fourth-order valence-corrected chi connectivity index (χ4v) is 3.77. The van der Waals surface area contributed by atoms with E-state index in [4.69, 9.17) is 0 Å². The highest BCUT2D eigenvalue weighted by molar-refractivity contribution is 7.89. The van der Waals surface area contributed by atoms with Crippen LogP contribution in [0.1, 0.15) is 19.8 Å². The summed E-state index contributed by atoms with van der Waals surface area (Å²) < 4.78 is 38.9. The summed E-state index contributed by atoms with van der Waals surface area (Å²) in [4.78, 5) is 11.4. The standard InChI is InChI=1S/C13H16FNO3S/c1-10(16)11-3-2-8-15(9-11)19(17,18)13-6-4-12(14)5-7-13/h4-7,11H,2-3,8-9H2,1H3. The number of nitrogens with zero attached hydrogens (tertiary/aromatic N) is 1. The van der Waals surface area contributed by atoms with Crippen LogP contribution in [-0.4, -0.2) is 31.6 Å². The first-order valence-electron chi connectivity index (χ1n) is 6.17. The SMILES string of the molecule is CC(=O)C1CCCN(S(=O)(=O)c2ccc(F)cc2)C1. The van der Waals surface area contributed by atoms with Gasteiger partial charge in [0, 0.05) is 19.0 Å². The van der Waals surface area contributed by atoms with E-state index in [2.05, 4.69) is 0 Å². The second kappa shape index (κ2) is 5.38. The van der Waals surface area contributed by atoms with Gasteiger partial charge in [-0.25, -0.2) is 12.8 Å². The number of ketones is 1. The van der Waals surface area contributed by atoms with Gasteiger partial charge in [0.25, 0.3) is 0 Å². The second-order valence-electron chi connectivity index (χ2n) is 4.77. The molecule has 0 spiro atoms. The molecular weight excluding hydrogens is 269 g/mol. The minimum atomic E-state index is -3.63. The molecule has 1 heterocycles. The third-order valence-corrected chi connectivity index (χ3v) is 5.29. The van der Waals surface area contributed by atoms with Gasteiger partial charge in [-0.2, -0.15) is 4.31 Å². The van der Waals surface area contributed by atoms with Crippen molar-refractivity contribution in [3.8, 4) is 0 Å². The van der Waals surface area contributed by atoms with Gasteiger partial charge in [-0.15, -0.1) is 0 Å². The van der Waals surface area contributed by atoms with Gasteiger partial charge in [0.15, 0.2) is 0 Å². The van der Waals surface area contributed by atoms with Crippen molar-refractivity contribution in [3.05, 3.63) is 30.1 Å². The summed E-state index contributed by atoms with van der Waals surface area (Å²) in [7, 11) is -3.63. The molecule has 1 aliphatic heterocycles. The maximum absolute atomic E-state index is 12.8. The van der Waals surface area contributed by atoms with Crippen molar-refractivity contribution >= 4 is 15.8 Å². The summed E-state index contributed by atoms with van der Waals surface area (Å²) in [6.45, 7) is 2.11. The summed E-state index contributed by atoms with van der Waals surface area (Å²) in [5.74, 6) is -0.692. The Hall–Kier alpha value is -1.27. The zero-order valence-corrected chi connectivity index (χ0v) is 11.5. The predicted molar refractivity (Wildman–Crippen MR) is 68.6 cm³/mol. The van der Waals surface area contributed by atoms with Crippen LogP contribution in [0.2, 0.25) is 0 Å². The first kappa shape index (κ1) is 14.1. The molecule has 0 aromatic heterocycles. The Morgan fingerprint density at radius 3 is 2.53 bits per heavy atom. The van der Waals surface area contributed by atoms with Gasteiger partial charge in [-0.1, -0.05) is 0 Å². The Kier molecular flexibility index (Phi) is 4.01. The molecule has 0 bridgehead atoms. The molecule has 0 amide bonds. The van der Waals surface area contributed by atoms with Crippen LogP contribution in [0.4, 0.5) is 4.39 Å². The van der Waals surface area contributed by atoms with E-state index >= 15 is 0 Å². The molecule has 104 valence electrons. The highest BCUT2D eigenvalue weighted by Crippen LogP contribution is 2.24. The van der Waals surface area contributed by atoms with Crippen molar-refractivity contribution in [1.82, 2.24) is 4.31 Å². The van der Waals surface area contributed by atoms with E-state index in [1.165, 1.54) is 23.4 Å². The van der Waals surface area contributed by atoms with Gasteiger partial charge in [0.1, 0.15) is 11.6 Å². The van der Waals surface area contributed by atoms with E-state index in [0.717, 1.165) is 18.6 Å². The Labute approximate surface area is 112 Å². The fourth-order valence-electron chi connectivity index (χ4n) is 2.25. The summed E-state index contributed by atoms with van der Waals surface area (Å²) >= 11 is 0. The van der Waals surface area contributed by atoms with Crippen molar-refractivity contribution in [3.63, 3.8) is 0 Å². The van der Waals surface area contributed by atoms with E-state index in [1.807, 2.05) is 0 Å². The molecule has 1 fully saturated rings. The zero-order valence-electron chi connectivity index (χ0n) is 10.7. The number of hydrogen-bond acceptors (Lipinski definition) is 3. The van der Waals surface area contributed by atoms with Crippen LogP contribution < -0.4 is 0 Å². The molecular formula is C13H16FNO3S. The number of carbonyl (C=O) groups is 1. The van der Waals surface area contributed by atoms with Gasteiger partial charge in [0.2, 0.25) is 10.0 Å². The van der Waals surface area contributed by atoms with Crippen LogP contribution in [-0.2, 0) is 14.8 Å². The molecule has 1 aliphatic rings. The molecule has 0 aliphatic carbocycles. The number of hydrogen-bond donors (Lipinski definition) is 0. The van der Waals surface area contributed by atoms with E-state index in [1.54, 1.807) is 0 Å². The largest absolute Gasteiger partial charge is 0.300 e. The number of rotatable bonds is 3. The first-order valence-corrected chi connectivity index (χ1v) is 7.61. The van der Waals surface area contributed by atoms with Crippen molar-refractivity contribution in [2.24, 2.45) is 5.92 Å². The molecule has 1 aromatic rings. The van der Waals surface area contributed by atoms with Crippen molar-refractivity contribution in [1.29, 1.82) is 0 Å². The Bertz CT molecular complexity index is 568. The Morgan fingerprint density at radius 1 is 1.32 bits per heavy atom. The molecule has 2 rings (SSSR count). The van der Waals surface area contributed by atoms with Gasteiger partial charge >= 0.3 is 0 Å². The lowest BCUT2D eigenvalue weighted by Crippen LogP contribution is -2.41. The normalized spacial score (nSPS) is 21.3. The first-order chi connectivity index (χ1) is 8.91. The summed E-state index contributed by atoms with van der Waals surface area (Å²) in [6, 6.07) is 4.75. The average molecular weight is 285 g/mol. The lowest BCUT2D eigenvalue weighted by atomic mass is 9.96. The second-order valence-corrected chi connectivity index (χ2v) is 6.70. The monoisotopic (exact) mass is 285 g/mol. The minimum absolute atomic E-state index is 0.0130. The number of Topliss-reactive ketones (excluding diaryl/α,β-unsaturated/α-hetero) is 1. The van der Waals surface area contributed by atoms with Gasteiger partial charge < -0.3 is 0 Å². The van der Waals surface area contributed by atoms with Gasteiger partial charge in [-0.3, -0.25) is 4.79 Å². The van der Waals surface area contributed by atoms with Crippen molar-refractivity contribution in [2.75, 3.05) is 13.1 Å². The van der Waals surface area contributed by atoms with E-state index in [-0.39, 0.29) is 23.1 Å². The maximum atomic E-state index is 12.8. The maximum Gasteiger partial charge on any atom is 0.243 e. The zero-order chi connectivity index (χ0) is 14.0. The number of sulfonamides is 1. The molecule has 4 nitrogen and oxygen atoms in total. The smallest absolute Gasteiger partial charge is 0.243 e. The number of benzene rings is 1. The van der Waals surface area contributed by atoms with Crippen molar-refractivity contribution < 1.29 is 17.6 Å². The summed E-state index contributed by atoms with van der Waals surface area (Å²) in [5.41, 5.74) is 0. The quantitative estimate of drug-likeness (QED) is 0.851. The molecule has 19 heavy (non-hydrogen) atoms. The van der Waals surface area contributed by atoms with Crippen LogP contribution in [0, 0.1) is 11.7 Å². The highest BCUT2D eigenvalue weighted by atomic mass is 32.2. The predicted octanol–water partition coefficient (Wildman–Crippen LogP) is 1.82. The van der Waals surface area contributed by atoms with E-state index < -0.39 is 15.8 Å². The van der Waals surface area contributed by atoms with Gasteiger partial charge in [-0.05, 0) is 44.0 Å². The summed E-state index contributed by atoms with van der Waals surface area (Å²) in [6.07, 6.45) is 1.40. The molecule has 6 heteroatoms. The van der Waals surface area contributed by atoms with E-state index in [0.29, 0.717) is 13.0 Å². The van der Waals surface area contributed by atoms with Crippen LogP contribution >= 0.6 is 0 Å². The Morgan fingerprint density at radius 2 is 1.95 bits per heavy atom. The Balaban J connectivity index is 2.24. The lowest BCUT2D eigenvalue weighted by Gasteiger charge is -2.30. The molecule has 1 unspecified atom stereocenters. The third kappa shape index (κ3) is 3.01. The molecule has 0 saturated carbocycles. The molecule has 1 saturated heterocycles. The number of piperidine rings is 1. The fraction of sp³-hybridized carbons (Fsp3) is 0.462. The van der Waals surface area contributed by atoms with Gasteiger partial charge in [0.05, 0.1) is 4.90 Å². The van der Waals surface area contributed by atoms with Crippen LogP contribution in [0.5, 0.6) is 0 Å². The van der Waals surface area contributed by atoms with Crippen LogP contribution in [0.15, 0.2) is 29.2 Å². The molecule has 1 atom stereocenters. The molecule has 0 radical (unpaired) electrons. The summed E-state index contributed by atoms with van der Waals surface area (Å²) in [5, 5.41) is 0. The van der Waals surface area contributed by atoms with Crippen molar-refractivity contribution in [2.45, 2.75) is 24.7 Å². The topological polar surface area (TPSA) is 54.5 Å². The third-order valence-electron chi connectivity index (χ3n) is 3.41.